The first kappa shape index (κ1) is 15.5. The molecule has 0 spiro atoms. The lowest BCUT2D eigenvalue weighted by atomic mass is 10.1. The molecular weight excluding hydrogens is 332 g/mol. The molecule has 0 saturated carbocycles. The highest BCUT2D eigenvalue weighted by Crippen LogP contribution is 2.19. The van der Waals surface area contributed by atoms with E-state index < -0.39 is 5.97 Å². The summed E-state index contributed by atoms with van der Waals surface area (Å²) in [4.78, 5) is 15.7. The van der Waals surface area contributed by atoms with Gasteiger partial charge in [0.2, 0.25) is 0 Å². The number of carboxylic acid groups (broad SMARTS) is 1. The molecule has 110 valence electrons. The number of rotatable bonds is 5. The molecule has 2 aromatic rings. The van der Waals surface area contributed by atoms with Crippen molar-refractivity contribution in [2.75, 3.05) is 5.32 Å². The number of carboxylic acids is 1. The van der Waals surface area contributed by atoms with Crippen LogP contribution in [0.3, 0.4) is 0 Å². The summed E-state index contributed by atoms with van der Waals surface area (Å²) in [6.07, 6.45) is 0. The summed E-state index contributed by atoms with van der Waals surface area (Å²) in [5.74, 6) is -0.181. The van der Waals surface area contributed by atoms with E-state index in [4.69, 9.17) is 0 Å². The van der Waals surface area contributed by atoms with Gasteiger partial charge in [0, 0.05) is 16.7 Å². The average Bonchev–Trinajstić information content (AvgIpc) is 2.45. The predicted octanol–water partition coefficient (Wildman–Crippen LogP) is 4.28. The van der Waals surface area contributed by atoms with Gasteiger partial charge in [-0.05, 0) is 35.7 Å². The summed E-state index contributed by atoms with van der Waals surface area (Å²) in [5.41, 5.74) is 2.12. The summed E-state index contributed by atoms with van der Waals surface area (Å²) in [6.45, 7) is 4.57. The Morgan fingerprint density at radius 1 is 1.33 bits per heavy atom. The number of aromatic nitrogens is 1. The number of nitrogens with one attached hydrogen (secondary N) is 1. The van der Waals surface area contributed by atoms with Crippen LogP contribution in [0.4, 0.5) is 5.82 Å². The second-order valence-corrected chi connectivity index (χ2v) is 6.02. The van der Waals surface area contributed by atoms with Crippen LogP contribution in [0.15, 0.2) is 40.9 Å². The Bertz CT molecular complexity index is 656. The third-order valence-corrected chi connectivity index (χ3v) is 3.54. The maximum absolute atomic E-state index is 11.2. The normalized spacial score (nSPS) is 10.7. The Balaban J connectivity index is 2.21. The van der Waals surface area contributed by atoms with Gasteiger partial charge in [-0.25, -0.2) is 9.78 Å². The Labute approximate surface area is 132 Å². The molecule has 1 aromatic carbocycles. The van der Waals surface area contributed by atoms with E-state index in [0.29, 0.717) is 12.4 Å². The third-order valence-electron chi connectivity index (χ3n) is 3.05. The summed E-state index contributed by atoms with van der Waals surface area (Å²) in [6, 6.07) is 11.1. The van der Waals surface area contributed by atoms with Crippen molar-refractivity contribution in [3.05, 3.63) is 57.7 Å². The molecular formula is C16H17BrN2O2. The number of nitrogens with zero attached hydrogens (tertiary/aromatic N) is 1. The molecule has 0 aliphatic carbocycles. The largest absolute Gasteiger partial charge is 0.478 e. The number of hydrogen-bond donors (Lipinski definition) is 2. The molecule has 0 radical (unpaired) electrons. The molecule has 0 unspecified atom stereocenters. The van der Waals surface area contributed by atoms with E-state index in [1.807, 2.05) is 38.1 Å². The van der Waals surface area contributed by atoms with Crippen molar-refractivity contribution in [1.29, 1.82) is 0 Å². The molecule has 0 amide bonds. The SMILES string of the molecule is CC(C)c1cc(C(=O)O)cc(NCc2cccc(Br)c2)n1. The van der Waals surface area contributed by atoms with Crippen LogP contribution in [0.25, 0.3) is 0 Å². The molecule has 1 aromatic heterocycles. The van der Waals surface area contributed by atoms with Gasteiger partial charge in [-0.2, -0.15) is 0 Å². The van der Waals surface area contributed by atoms with Crippen molar-refractivity contribution in [2.45, 2.75) is 26.3 Å². The van der Waals surface area contributed by atoms with Crippen LogP contribution in [0, 0.1) is 0 Å². The van der Waals surface area contributed by atoms with Crippen LogP contribution in [-0.2, 0) is 6.54 Å². The van der Waals surface area contributed by atoms with Gasteiger partial charge in [-0.3, -0.25) is 0 Å². The second kappa shape index (κ2) is 6.72. The topological polar surface area (TPSA) is 62.2 Å². The van der Waals surface area contributed by atoms with Crippen LogP contribution in [0.1, 0.15) is 41.4 Å². The van der Waals surface area contributed by atoms with Crippen LogP contribution in [0.2, 0.25) is 0 Å². The molecule has 0 fully saturated rings. The van der Waals surface area contributed by atoms with Crippen molar-refractivity contribution < 1.29 is 9.90 Å². The fourth-order valence-electron chi connectivity index (χ4n) is 1.90. The van der Waals surface area contributed by atoms with Gasteiger partial charge in [0.25, 0.3) is 0 Å². The highest BCUT2D eigenvalue weighted by atomic mass is 79.9. The van der Waals surface area contributed by atoms with Gasteiger partial charge in [-0.15, -0.1) is 0 Å². The molecule has 2 rings (SSSR count). The summed E-state index contributed by atoms with van der Waals surface area (Å²) in [7, 11) is 0. The van der Waals surface area contributed by atoms with E-state index >= 15 is 0 Å². The number of carbonyl (C=O) groups is 1. The van der Waals surface area contributed by atoms with Crippen molar-refractivity contribution in [3.63, 3.8) is 0 Å². The van der Waals surface area contributed by atoms with Crippen LogP contribution >= 0.6 is 15.9 Å². The fourth-order valence-corrected chi connectivity index (χ4v) is 2.35. The smallest absolute Gasteiger partial charge is 0.335 e. The number of anilines is 1. The Morgan fingerprint density at radius 3 is 2.71 bits per heavy atom. The van der Waals surface area contributed by atoms with Gasteiger partial charge in [0.1, 0.15) is 5.82 Å². The lowest BCUT2D eigenvalue weighted by Gasteiger charge is -2.11. The zero-order chi connectivity index (χ0) is 15.4. The summed E-state index contributed by atoms with van der Waals surface area (Å²) >= 11 is 3.43. The van der Waals surface area contributed by atoms with Gasteiger partial charge in [0.05, 0.1) is 5.56 Å². The zero-order valence-corrected chi connectivity index (χ0v) is 13.5. The van der Waals surface area contributed by atoms with Crippen LogP contribution < -0.4 is 5.32 Å². The molecule has 0 aliphatic rings. The highest BCUT2D eigenvalue weighted by Gasteiger charge is 2.10. The van der Waals surface area contributed by atoms with E-state index in [9.17, 15) is 9.90 Å². The van der Waals surface area contributed by atoms with E-state index in [1.165, 1.54) is 0 Å². The predicted molar refractivity (Wildman–Crippen MR) is 86.8 cm³/mol. The lowest BCUT2D eigenvalue weighted by Crippen LogP contribution is -2.07. The number of pyridine rings is 1. The van der Waals surface area contributed by atoms with Crippen LogP contribution in [0.5, 0.6) is 0 Å². The second-order valence-electron chi connectivity index (χ2n) is 5.11. The number of halogens is 1. The molecule has 21 heavy (non-hydrogen) atoms. The molecule has 0 atom stereocenters. The molecule has 0 bridgehead atoms. The third kappa shape index (κ3) is 4.29. The molecule has 0 saturated heterocycles. The molecule has 2 N–H and O–H groups in total. The lowest BCUT2D eigenvalue weighted by molar-refractivity contribution is 0.0696. The number of hydrogen-bond acceptors (Lipinski definition) is 3. The van der Waals surface area contributed by atoms with E-state index in [-0.39, 0.29) is 11.5 Å². The van der Waals surface area contributed by atoms with Gasteiger partial charge in [0.15, 0.2) is 0 Å². The molecule has 4 nitrogen and oxygen atoms in total. The summed E-state index contributed by atoms with van der Waals surface area (Å²) in [5, 5.41) is 12.4. The van der Waals surface area contributed by atoms with E-state index in [0.717, 1.165) is 15.7 Å². The standard InChI is InChI=1S/C16H17BrN2O2/c1-10(2)14-7-12(16(20)21)8-15(19-14)18-9-11-4-3-5-13(17)6-11/h3-8,10H,9H2,1-2H3,(H,18,19)(H,20,21). The Hall–Kier alpha value is -1.88. The summed E-state index contributed by atoms with van der Waals surface area (Å²) < 4.78 is 1.01. The zero-order valence-electron chi connectivity index (χ0n) is 11.9. The molecule has 5 heteroatoms. The van der Waals surface area contributed by atoms with Gasteiger partial charge >= 0.3 is 5.97 Å². The van der Waals surface area contributed by atoms with Crippen molar-refractivity contribution >= 4 is 27.7 Å². The fraction of sp³-hybridized carbons (Fsp3) is 0.250. The first-order chi connectivity index (χ1) is 9.95. The Morgan fingerprint density at radius 2 is 2.10 bits per heavy atom. The molecule has 1 heterocycles. The maximum Gasteiger partial charge on any atom is 0.335 e. The highest BCUT2D eigenvalue weighted by molar-refractivity contribution is 9.10. The van der Waals surface area contributed by atoms with Crippen LogP contribution in [-0.4, -0.2) is 16.1 Å². The van der Waals surface area contributed by atoms with Crippen molar-refractivity contribution in [3.8, 4) is 0 Å². The van der Waals surface area contributed by atoms with Gasteiger partial charge in [-0.1, -0.05) is 41.9 Å². The van der Waals surface area contributed by atoms with Crippen molar-refractivity contribution in [1.82, 2.24) is 4.98 Å². The average molecular weight is 349 g/mol. The minimum atomic E-state index is -0.940. The monoisotopic (exact) mass is 348 g/mol. The van der Waals surface area contributed by atoms with Gasteiger partial charge < -0.3 is 10.4 Å². The number of aromatic carboxylic acids is 1. The van der Waals surface area contributed by atoms with E-state index in [1.54, 1.807) is 12.1 Å². The van der Waals surface area contributed by atoms with Crippen molar-refractivity contribution in [2.24, 2.45) is 0 Å². The minimum absolute atomic E-state index is 0.177. The minimum Gasteiger partial charge on any atom is -0.478 e. The first-order valence-corrected chi connectivity index (χ1v) is 7.48. The Kier molecular flexibility index (Phi) is 4.96. The number of benzene rings is 1. The quantitative estimate of drug-likeness (QED) is 0.846. The van der Waals surface area contributed by atoms with E-state index in [2.05, 4.69) is 26.2 Å². The maximum atomic E-state index is 11.2. The first-order valence-electron chi connectivity index (χ1n) is 6.69. The molecule has 0 aliphatic heterocycles.